The predicted molar refractivity (Wildman–Crippen MR) is 138 cm³/mol. The summed E-state index contributed by atoms with van der Waals surface area (Å²) in [5.41, 5.74) is 5.91. The van der Waals surface area contributed by atoms with Crippen LogP contribution in [0.25, 0.3) is 11.1 Å². The van der Waals surface area contributed by atoms with Crippen LogP contribution >= 0.6 is 0 Å². The lowest BCUT2D eigenvalue weighted by Gasteiger charge is -2.17. The fourth-order valence-corrected chi connectivity index (χ4v) is 4.37. The normalized spacial score (nSPS) is 12.5. The maximum atomic E-state index is 12.6. The highest BCUT2D eigenvalue weighted by molar-refractivity contribution is 5.81. The number of amides is 2. The molecule has 0 heterocycles. The topological polar surface area (TPSA) is 114 Å². The highest BCUT2D eigenvalue weighted by atomic mass is 16.6. The minimum absolute atomic E-state index is 0.0780. The van der Waals surface area contributed by atoms with Crippen LogP contribution in [0.3, 0.4) is 0 Å². The Balaban J connectivity index is 1.32. The first-order valence-electron chi connectivity index (χ1n) is 11.9. The van der Waals surface area contributed by atoms with Crippen molar-refractivity contribution < 1.29 is 29.0 Å². The van der Waals surface area contributed by atoms with E-state index in [0.29, 0.717) is 5.56 Å². The zero-order valence-electron chi connectivity index (χ0n) is 20.2. The Morgan fingerprint density at radius 3 is 2.05 bits per heavy atom. The molecule has 37 heavy (non-hydrogen) atoms. The number of carbonyl (C=O) groups is 3. The Bertz CT molecular complexity index is 1240. The minimum atomic E-state index is -1.16. The van der Waals surface area contributed by atoms with E-state index >= 15 is 0 Å². The van der Waals surface area contributed by atoms with Crippen LogP contribution in [0, 0.1) is 0 Å². The number of aliphatic carboxylic acids is 1. The molecule has 8 nitrogen and oxygen atoms in total. The average Bonchev–Trinajstić information content (AvgIpc) is 3.23. The van der Waals surface area contributed by atoms with E-state index in [1.165, 1.54) is 6.08 Å². The molecule has 1 atom stereocenters. The summed E-state index contributed by atoms with van der Waals surface area (Å²) in [5.74, 6) is -1.28. The Labute approximate surface area is 214 Å². The Morgan fingerprint density at radius 2 is 1.46 bits per heavy atom. The van der Waals surface area contributed by atoms with Gasteiger partial charge in [0.1, 0.15) is 19.3 Å². The van der Waals surface area contributed by atoms with Crippen LogP contribution in [0.4, 0.5) is 9.59 Å². The number of fused-ring (bicyclic) bond motifs is 3. The highest BCUT2D eigenvalue weighted by Crippen LogP contribution is 2.44. The summed E-state index contributed by atoms with van der Waals surface area (Å²) >= 11 is 0. The summed E-state index contributed by atoms with van der Waals surface area (Å²) in [7, 11) is 0. The molecule has 3 aromatic carbocycles. The van der Waals surface area contributed by atoms with Crippen LogP contribution in [-0.2, 0) is 27.2 Å². The standard InChI is InChI=1S/C29H28N2O6/c1-2-15-36-28(34)30-17-20-13-11-19(12-14-20)16-26(27(32)33)31-29(35)37-18-25-23-9-5-3-7-21(23)22-8-4-6-10-24(22)25/h2-14,25-26H,1,15-18H2,(H,30,34)(H,31,35)(H,32,33). The van der Waals surface area contributed by atoms with E-state index in [0.717, 1.165) is 27.8 Å². The monoisotopic (exact) mass is 500 g/mol. The van der Waals surface area contributed by atoms with Crippen molar-refractivity contribution in [3.05, 3.63) is 108 Å². The molecule has 190 valence electrons. The fourth-order valence-electron chi connectivity index (χ4n) is 4.37. The lowest BCUT2D eigenvalue weighted by atomic mass is 9.98. The van der Waals surface area contributed by atoms with Gasteiger partial charge < -0.3 is 25.2 Å². The quantitative estimate of drug-likeness (QED) is 0.350. The second kappa shape index (κ2) is 11.9. The molecule has 1 unspecified atom stereocenters. The van der Waals surface area contributed by atoms with Gasteiger partial charge >= 0.3 is 18.2 Å². The minimum Gasteiger partial charge on any atom is -0.480 e. The lowest BCUT2D eigenvalue weighted by molar-refractivity contribution is -0.139. The van der Waals surface area contributed by atoms with Crippen LogP contribution in [0.1, 0.15) is 28.2 Å². The Morgan fingerprint density at radius 1 is 0.865 bits per heavy atom. The van der Waals surface area contributed by atoms with Gasteiger partial charge in [0.05, 0.1) is 0 Å². The predicted octanol–water partition coefficient (Wildman–Crippen LogP) is 4.63. The van der Waals surface area contributed by atoms with Gasteiger partial charge in [-0.3, -0.25) is 0 Å². The van der Waals surface area contributed by atoms with Crippen LogP contribution < -0.4 is 10.6 Å². The third kappa shape index (κ3) is 6.35. The van der Waals surface area contributed by atoms with E-state index < -0.39 is 24.2 Å². The number of carboxylic acid groups (broad SMARTS) is 1. The largest absolute Gasteiger partial charge is 0.480 e. The molecule has 8 heteroatoms. The van der Waals surface area contributed by atoms with Gasteiger partial charge in [-0.15, -0.1) is 0 Å². The van der Waals surface area contributed by atoms with Gasteiger partial charge in [-0.2, -0.15) is 0 Å². The number of carboxylic acids is 1. The zero-order valence-corrected chi connectivity index (χ0v) is 20.2. The molecule has 0 aromatic heterocycles. The van der Waals surface area contributed by atoms with Crippen molar-refractivity contribution in [3.8, 4) is 11.1 Å². The molecule has 0 saturated carbocycles. The summed E-state index contributed by atoms with van der Waals surface area (Å²) in [6.45, 7) is 3.96. The molecule has 3 N–H and O–H groups in total. The first kappa shape index (κ1) is 25.5. The molecule has 4 rings (SSSR count). The van der Waals surface area contributed by atoms with Crippen molar-refractivity contribution in [1.29, 1.82) is 0 Å². The average molecular weight is 501 g/mol. The van der Waals surface area contributed by atoms with E-state index in [4.69, 9.17) is 9.47 Å². The number of hydrogen-bond acceptors (Lipinski definition) is 5. The first-order chi connectivity index (χ1) is 18.0. The van der Waals surface area contributed by atoms with Crippen molar-refractivity contribution in [3.63, 3.8) is 0 Å². The number of alkyl carbamates (subject to hydrolysis) is 2. The summed E-state index contributed by atoms with van der Waals surface area (Å²) in [6.07, 6.45) is 0.216. The molecule has 0 fully saturated rings. The summed E-state index contributed by atoms with van der Waals surface area (Å²) in [6, 6.07) is 21.9. The lowest BCUT2D eigenvalue weighted by Crippen LogP contribution is -2.42. The van der Waals surface area contributed by atoms with Gasteiger partial charge in [-0.25, -0.2) is 14.4 Å². The van der Waals surface area contributed by atoms with Crippen LogP contribution in [-0.4, -0.2) is 42.5 Å². The number of nitrogens with one attached hydrogen (secondary N) is 2. The highest BCUT2D eigenvalue weighted by Gasteiger charge is 2.29. The van der Waals surface area contributed by atoms with Crippen molar-refractivity contribution in [2.75, 3.05) is 13.2 Å². The van der Waals surface area contributed by atoms with Gasteiger partial charge in [0, 0.05) is 18.9 Å². The van der Waals surface area contributed by atoms with Gasteiger partial charge in [-0.1, -0.05) is 85.5 Å². The third-order valence-electron chi connectivity index (χ3n) is 6.17. The van der Waals surface area contributed by atoms with Gasteiger partial charge in [0.2, 0.25) is 0 Å². The van der Waals surface area contributed by atoms with Crippen LogP contribution in [0.2, 0.25) is 0 Å². The second-order valence-electron chi connectivity index (χ2n) is 8.62. The molecule has 1 aliphatic carbocycles. The molecule has 0 bridgehead atoms. The molecule has 0 aliphatic heterocycles. The number of rotatable bonds is 10. The van der Waals surface area contributed by atoms with Gasteiger partial charge in [0.15, 0.2) is 0 Å². The third-order valence-corrected chi connectivity index (χ3v) is 6.17. The molecule has 0 radical (unpaired) electrons. The first-order valence-corrected chi connectivity index (χ1v) is 11.9. The van der Waals surface area contributed by atoms with Gasteiger partial charge in [-0.05, 0) is 33.4 Å². The van der Waals surface area contributed by atoms with E-state index in [2.05, 4.69) is 17.2 Å². The number of ether oxygens (including phenoxy) is 2. The van der Waals surface area contributed by atoms with E-state index in [1.54, 1.807) is 24.3 Å². The zero-order chi connectivity index (χ0) is 26.2. The smallest absolute Gasteiger partial charge is 0.407 e. The summed E-state index contributed by atoms with van der Waals surface area (Å²) in [5, 5.41) is 14.7. The molecule has 2 amide bonds. The fraction of sp³-hybridized carbons (Fsp3) is 0.207. The van der Waals surface area contributed by atoms with Gasteiger partial charge in [0.25, 0.3) is 0 Å². The van der Waals surface area contributed by atoms with Crippen LogP contribution in [0.15, 0.2) is 85.5 Å². The molecular formula is C29H28N2O6. The molecule has 0 spiro atoms. The van der Waals surface area contributed by atoms with E-state index in [1.807, 2.05) is 48.5 Å². The van der Waals surface area contributed by atoms with E-state index in [9.17, 15) is 19.5 Å². The molecule has 1 aliphatic rings. The van der Waals surface area contributed by atoms with Crippen molar-refractivity contribution in [2.45, 2.75) is 24.9 Å². The molecule has 3 aromatic rings. The van der Waals surface area contributed by atoms with Crippen molar-refractivity contribution >= 4 is 18.2 Å². The SMILES string of the molecule is C=CCOC(=O)NCc1ccc(CC(NC(=O)OCC2c3ccccc3-c3ccccc32)C(=O)O)cc1. The molecule has 0 saturated heterocycles. The summed E-state index contributed by atoms with van der Waals surface area (Å²) in [4.78, 5) is 35.9. The summed E-state index contributed by atoms with van der Waals surface area (Å²) < 4.78 is 10.3. The van der Waals surface area contributed by atoms with E-state index in [-0.39, 0.29) is 32.1 Å². The number of carbonyl (C=O) groups excluding carboxylic acids is 2. The number of benzene rings is 3. The maximum Gasteiger partial charge on any atom is 0.407 e. The van der Waals surface area contributed by atoms with Crippen molar-refractivity contribution in [1.82, 2.24) is 10.6 Å². The maximum absolute atomic E-state index is 12.6. The van der Waals surface area contributed by atoms with Crippen molar-refractivity contribution in [2.24, 2.45) is 0 Å². The second-order valence-corrected chi connectivity index (χ2v) is 8.62. The van der Waals surface area contributed by atoms with Crippen LogP contribution in [0.5, 0.6) is 0 Å². The number of hydrogen-bond donors (Lipinski definition) is 3. The molecular weight excluding hydrogens is 472 g/mol. The Kier molecular flexibility index (Phi) is 8.20. The Hall–Kier alpha value is -4.59.